The Morgan fingerprint density at radius 3 is 2.81 bits per heavy atom. The van der Waals surface area contributed by atoms with Gasteiger partial charge in [0.05, 0.1) is 5.56 Å². The smallest absolute Gasteiger partial charge is 0.272 e. The normalized spacial score (nSPS) is 22.3. The maximum atomic E-state index is 13.0. The van der Waals surface area contributed by atoms with Crippen molar-refractivity contribution in [3.63, 3.8) is 0 Å². The van der Waals surface area contributed by atoms with Crippen LogP contribution >= 0.6 is 11.3 Å². The monoisotopic (exact) mass is 369 g/mol. The first-order chi connectivity index (χ1) is 12.7. The number of aromatic nitrogens is 1. The fourth-order valence-electron chi connectivity index (χ4n) is 3.99. The van der Waals surface area contributed by atoms with Gasteiger partial charge in [0.15, 0.2) is 0 Å². The SMILES string of the molecule is CCc1cc(C(=O)N2CC3CCC2CN(C(=O)c2ccccn2)C3)cs1. The number of piperidine rings is 1. The fraction of sp³-hybridized carbons (Fsp3) is 0.450. The number of pyridine rings is 1. The molecule has 0 saturated carbocycles. The molecule has 0 spiro atoms. The lowest BCUT2D eigenvalue weighted by Gasteiger charge is -2.35. The third-order valence-corrected chi connectivity index (χ3v) is 6.48. The highest BCUT2D eigenvalue weighted by atomic mass is 32.1. The largest absolute Gasteiger partial charge is 0.335 e. The summed E-state index contributed by atoms with van der Waals surface area (Å²) in [6, 6.07) is 7.52. The summed E-state index contributed by atoms with van der Waals surface area (Å²) in [5, 5.41) is 1.97. The number of hydrogen-bond acceptors (Lipinski definition) is 4. The van der Waals surface area contributed by atoms with E-state index < -0.39 is 0 Å². The van der Waals surface area contributed by atoms with Crippen LogP contribution in [0, 0.1) is 5.92 Å². The summed E-state index contributed by atoms with van der Waals surface area (Å²) in [6.45, 7) is 4.16. The van der Waals surface area contributed by atoms with Gasteiger partial charge in [0.2, 0.25) is 0 Å². The van der Waals surface area contributed by atoms with Crippen molar-refractivity contribution in [2.75, 3.05) is 19.6 Å². The van der Waals surface area contributed by atoms with Crippen molar-refractivity contribution >= 4 is 23.2 Å². The lowest BCUT2D eigenvalue weighted by atomic mass is 9.94. The average molecular weight is 369 g/mol. The summed E-state index contributed by atoms with van der Waals surface area (Å²) in [4.78, 5) is 35.2. The Hall–Kier alpha value is -2.21. The standard InChI is InChI=1S/C20H23N3O2S/c1-2-17-9-15(13-26-17)19(24)23-11-14-6-7-16(23)12-22(10-14)20(25)18-5-3-4-8-21-18/h3-5,8-9,13-14,16H,2,6-7,10-12H2,1H3. The third kappa shape index (κ3) is 3.26. The van der Waals surface area contributed by atoms with Crippen LogP contribution in [-0.4, -0.2) is 52.3 Å². The summed E-state index contributed by atoms with van der Waals surface area (Å²) in [5.41, 5.74) is 1.28. The number of nitrogens with zero attached hydrogens (tertiary/aromatic N) is 3. The average Bonchev–Trinajstić information content (AvgIpc) is 2.98. The highest BCUT2D eigenvalue weighted by Crippen LogP contribution is 2.30. The highest BCUT2D eigenvalue weighted by molar-refractivity contribution is 7.10. The van der Waals surface area contributed by atoms with Crippen molar-refractivity contribution in [2.45, 2.75) is 32.2 Å². The molecule has 5 heterocycles. The van der Waals surface area contributed by atoms with Crippen molar-refractivity contribution < 1.29 is 9.59 Å². The molecule has 2 amide bonds. The molecule has 0 aromatic carbocycles. The lowest BCUT2D eigenvalue weighted by Crippen LogP contribution is -2.47. The zero-order chi connectivity index (χ0) is 18.1. The molecule has 3 fully saturated rings. The van der Waals surface area contributed by atoms with Gasteiger partial charge in [-0.3, -0.25) is 14.6 Å². The summed E-state index contributed by atoms with van der Waals surface area (Å²) < 4.78 is 0. The van der Waals surface area contributed by atoms with Gasteiger partial charge in [-0.15, -0.1) is 11.3 Å². The molecule has 0 aliphatic carbocycles. The Balaban J connectivity index is 1.53. The van der Waals surface area contributed by atoms with Gasteiger partial charge in [-0.05, 0) is 43.4 Å². The molecule has 26 heavy (non-hydrogen) atoms. The zero-order valence-corrected chi connectivity index (χ0v) is 15.7. The van der Waals surface area contributed by atoms with Crippen molar-refractivity contribution in [3.8, 4) is 0 Å². The maximum Gasteiger partial charge on any atom is 0.272 e. The molecule has 3 saturated heterocycles. The molecule has 3 aliphatic heterocycles. The van der Waals surface area contributed by atoms with Crippen LogP contribution in [0.5, 0.6) is 0 Å². The highest BCUT2D eigenvalue weighted by Gasteiger charge is 2.39. The molecule has 5 nitrogen and oxygen atoms in total. The third-order valence-electron chi connectivity index (χ3n) is 5.39. The second kappa shape index (κ2) is 7.19. The van der Waals surface area contributed by atoms with E-state index in [4.69, 9.17) is 0 Å². The van der Waals surface area contributed by atoms with Gasteiger partial charge in [-0.1, -0.05) is 13.0 Å². The zero-order valence-electron chi connectivity index (χ0n) is 14.9. The molecular weight excluding hydrogens is 346 g/mol. The van der Waals surface area contributed by atoms with E-state index in [1.54, 1.807) is 23.6 Å². The summed E-state index contributed by atoms with van der Waals surface area (Å²) in [7, 11) is 0. The van der Waals surface area contributed by atoms with Crippen molar-refractivity contribution in [1.29, 1.82) is 0 Å². The van der Waals surface area contributed by atoms with Gasteiger partial charge < -0.3 is 9.80 Å². The quantitative estimate of drug-likeness (QED) is 0.835. The number of fused-ring (bicyclic) bond motifs is 4. The van der Waals surface area contributed by atoms with Crippen LogP contribution in [0.4, 0.5) is 0 Å². The maximum absolute atomic E-state index is 13.0. The van der Waals surface area contributed by atoms with Gasteiger partial charge in [0.1, 0.15) is 5.69 Å². The first kappa shape index (κ1) is 17.2. The molecule has 5 rings (SSSR count). The van der Waals surface area contributed by atoms with Gasteiger partial charge >= 0.3 is 0 Å². The molecule has 136 valence electrons. The van der Waals surface area contributed by atoms with Crippen LogP contribution in [0.3, 0.4) is 0 Å². The van der Waals surface area contributed by atoms with E-state index in [1.807, 2.05) is 33.4 Å². The second-order valence-corrected chi connectivity index (χ2v) is 8.13. The summed E-state index contributed by atoms with van der Waals surface area (Å²) in [5.74, 6) is 0.429. The van der Waals surface area contributed by atoms with E-state index in [0.29, 0.717) is 24.7 Å². The van der Waals surface area contributed by atoms with Crippen LogP contribution in [0.15, 0.2) is 35.8 Å². The molecule has 0 radical (unpaired) electrons. The van der Waals surface area contributed by atoms with E-state index in [9.17, 15) is 9.59 Å². The van der Waals surface area contributed by atoms with Gasteiger partial charge in [0, 0.05) is 42.1 Å². The molecule has 2 unspecified atom stereocenters. The van der Waals surface area contributed by atoms with Crippen molar-refractivity contribution in [1.82, 2.24) is 14.8 Å². The van der Waals surface area contributed by atoms with Crippen molar-refractivity contribution in [2.24, 2.45) is 5.92 Å². The van der Waals surface area contributed by atoms with E-state index in [2.05, 4.69) is 11.9 Å². The van der Waals surface area contributed by atoms with Gasteiger partial charge in [-0.25, -0.2) is 0 Å². The number of hydrogen-bond donors (Lipinski definition) is 0. The number of carbonyl (C=O) groups is 2. The lowest BCUT2D eigenvalue weighted by molar-refractivity contribution is 0.0574. The predicted molar refractivity (Wildman–Crippen MR) is 101 cm³/mol. The van der Waals surface area contributed by atoms with Crippen LogP contribution in [0.25, 0.3) is 0 Å². The Kier molecular flexibility index (Phi) is 4.76. The van der Waals surface area contributed by atoms with E-state index in [0.717, 1.165) is 31.4 Å². The topological polar surface area (TPSA) is 53.5 Å². The summed E-state index contributed by atoms with van der Waals surface area (Å²) in [6.07, 6.45) is 4.64. The number of aryl methyl sites for hydroxylation is 1. The van der Waals surface area contributed by atoms with Crippen LogP contribution in [0.1, 0.15) is 45.5 Å². The van der Waals surface area contributed by atoms with E-state index in [-0.39, 0.29) is 17.9 Å². The minimum atomic E-state index is -0.0272. The number of amides is 2. The first-order valence-electron chi connectivity index (χ1n) is 9.24. The van der Waals surface area contributed by atoms with Gasteiger partial charge in [0.25, 0.3) is 11.8 Å². The number of carbonyl (C=O) groups excluding carboxylic acids is 2. The number of rotatable bonds is 3. The molecule has 2 aromatic rings. The molecular formula is C20H23N3O2S. The van der Waals surface area contributed by atoms with Crippen LogP contribution in [0.2, 0.25) is 0 Å². The Morgan fingerprint density at radius 2 is 2.08 bits per heavy atom. The Morgan fingerprint density at radius 1 is 1.19 bits per heavy atom. The van der Waals surface area contributed by atoms with Crippen LogP contribution < -0.4 is 0 Å². The fourth-order valence-corrected chi connectivity index (χ4v) is 4.80. The Labute approximate surface area is 157 Å². The number of thiophene rings is 1. The van der Waals surface area contributed by atoms with Crippen LogP contribution in [-0.2, 0) is 6.42 Å². The summed E-state index contributed by atoms with van der Waals surface area (Å²) >= 11 is 1.65. The molecule has 2 bridgehead atoms. The van der Waals surface area contributed by atoms with E-state index >= 15 is 0 Å². The molecule has 3 aliphatic rings. The molecule has 0 N–H and O–H groups in total. The molecule has 2 atom stereocenters. The Bertz CT molecular complexity index is 804. The predicted octanol–water partition coefficient (Wildman–Crippen LogP) is 3.08. The second-order valence-electron chi connectivity index (χ2n) is 7.14. The molecule has 6 heteroatoms. The van der Waals surface area contributed by atoms with E-state index in [1.165, 1.54) is 4.88 Å². The van der Waals surface area contributed by atoms with Gasteiger partial charge in [-0.2, -0.15) is 0 Å². The van der Waals surface area contributed by atoms with Crippen molar-refractivity contribution in [3.05, 3.63) is 52.0 Å². The minimum Gasteiger partial charge on any atom is -0.335 e. The first-order valence-corrected chi connectivity index (χ1v) is 10.1. The molecule has 2 aromatic heterocycles. The minimum absolute atomic E-state index is 0.0272.